The number of carbonyl (C=O) groups is 1. The van der Waals surface area contributed by atoms with Crippen molar-refractivity contribution in [2.75, 3.05) is 6.61 Å². The fourth-order valence-corrected chi connectivity index (χ4v) is 7.42. The monoisotopic (exact) mass is 434 g/mol. The second kappa shape index (κ2) is 7.28. The van der Waals surface area contributed by atoms with Crippen molar-refractivity contribution < 1.29 is 27.8 Å². The maximum Gasteiger partial charge on any atom is 0.416 e. The molecule has 0 amide bonds. The predicted octanol–water partition coefficient (Wildman–Crippen LogP) is 6.26. The Morgan fingerprint density at radius 3 is 2.74 bits per heavy atom. The van der Waals surface area contributed by atoms with Crippen molar-refractivity contribution in [1.29, 1.82) is 0 Å². The van der Waals surface area contributed by atoms with Crippen LogP contribution in [0.3, 0.4) is 0 Å². The predicted molar refractivity (Wildman–Crippen MR) is 110 cm³/mol. The van der Waals surface area contributed by atoms with Gasteiger partial charge in [-0.25, -0.2) is 0 Å². The molecule has 6 heteroatoms. The molecule has 5 rings (SSSR count). The van der Waals surface area contributed by atoms with Crippen LogP contribution in [0.15, 0.2) is 29.3 Å². The molecule has 3 nitrogen and oxygen atoms in total. The molecule has 1 aromatic carbocycles. The van der Waals surface area contributed by atoms with Crippen LogP contribution >= 0.6 is 0 Å². The lowest BCUT2D eigenvalue weighted by Crippen LogP contribution is -2.40. The molecule has 0 saturated heterocycles. The first-order valence-corrected chi connectivity index (χ1v) is 11.5. The van der Waals surface area contributed by atoms with Gasteiger partial charge >= 0.3 is 12.1 Å². The first-order valence-electron chi connectivity index (χ1n) is 11.5. The third kappa shape index (κ3) is 3.28. The van der Waals surface area contributed by atoms with Crippen LogP contribution in [0.5, 0.6) is 5.75 Å². The highest BCUT2D eigenvalue weighted by Crippen LogP contribution is 2.83. The maximum atomic E-state index is 13.5. The minimum Gasteiger partial charge on any atom is -0.489 e. The van der Waals surface area contributed by atoms with E-state index in [2.05, 4.69) is 6.92 Å². The number of allylic oxidation sites excluding steroid dienone is 1. The maximum absolute atomic E-state index is 13.5. The van der Waals surface area contributed by atoms with E-state index < -0.39 is 17.7 Å². The molecule has 1 aromatic rings. The van der Waals surface area contributed by atoms with Crippen LogP contribution in [0.2, 0.25) is 0 Å². The molecule has 1 spiro atoms. The summed E-state index contributed by atoms with van der Waals surface area (Å²) in [6, 6.07) is 3.92. The number of alkyl halides is 3. The molecule has 1 N–H and O–H groups in total. The van der Waals surface area contributed by atoms with E-state index in [1.54, 1.807) is 5.57 Å². The highest BCUT2D eigenvalue weighted by molar-refractivity contribution is 5.67. The highest BCUT2D eigenvalue weighted by atomic mass is 19.4. The Bertz CT molecular complexity index is 930. The first-order chi connectivity index (χ1) is 14.7. The zero-order valence-corrected chi connectivity index (χ0v) is 17.8. The molecular formula is C25H29F3O3. The summed E-state index contributed by atoms with van der Waals surface area (Å²) < 4.78 is 46.4. The number of rotatable bonds is 7. The molecule has 168 valence electrons. The molecule has 4 aliphatic carbocycles. The van der Waals surface area contributed by atoms with Gasteiger partial charge in [-0.2, -0.15) is 13.2 Å². The van der Waals surface area contributed by atoms with Crippen molar-refractivity contribution in [1.82, 2.24) is 0 Å². The molecule has 0 aliphatic heterocycles. The molecule has 5 unspecified atom stereocenters. The number of hydrogen-bond acceptors (Lipinski definition) is 2. The third-order valence-corrected chi connectivity index (χ3v) is 8.79. The largest absolute Gasteiger partial charge is 0.489 e. The highest BCUT2D eigenvalue weighted by Gasteiger charge is 2.77. The van der Waals surface area contributed by atoms with Crippen molar-refractivity contribution in [2.45, 2.75) is 64.5 Å². The normalized spacial score (nSPS) is 33.7. The van der Waals surface area contributed by atoms with E-state index in [1.807, 2.05) is 0 Å². The average Bonchev–Trinajstić information content (AvgIpc) is 2.98. The topological polar surface area (TPSA) is 46.5 Å². The van der Waals surface area contributed by atoms with E-state index in [1.165, 1.54) is 37.0 Å². The van der Waals surface area contributed by atoms with Gasteiger partial charge in [0.25, 0.3) is 0 Å². The number of aliphatic carboxylic acids is 1. The lowest BCUT2D eigenvalue weighted by Gasteiger charge is -2.47. The fourth-order valence-electron chi connectivity index (χ4n) is 7.42. The van der Waals surface area contributed by atoms with E-state index in [4.69, 9.17) is 9.84 Å². The van der Waals surface area contributed by atoms with Crippen LogP contribution in [0, 0.1) is 29.1 Å². The molecule has 0 bridgehead atoms. The number of hydrogen-bond donors (Lipinski definition) is 1. The number of ether oxygens (including phenoxy) is 1. The summed E-state index contributed by atoms with van der Waals surface area (Å²) in [4.78, 5) is 10.8. The molecule has 3 saturated carbocycles. The average molecular weight is 434 g/mol. The standard InChI is InChI=1S/C25H29F3O3/c1-14-20-9-7-17-11-22(24(14,17)20)19-4-2-3-16(19)13-31-18-8-5-15(6-10-23(29)30)21(12-18)25(26,27)28/h5,8,12,14,17,20,22H,2-4,6-7,9-11,13H2,1H3,(H,29,30). The number of aryl methyl sites for hydroxylation is 1. The van der Waals surface area contributed by atoms with Crippen LogP contribution in [0.1, 0.15) is 63.0 Å². The molecule has 4 aliphatic rings. The number of carboxylic acid groups (broad SMARTS) is 1. The number of carboxylic acids is 1. The van der Waals surface area contributed by atoms with Crippen molar-refractivity contribution in [3.05, 3.63) is 40.5 Å². The van der Waals surface area contributed by atoms with Crippen molar-refractivity contribution in [2.24, 2.45) is 29.1 Å². The summed E-state index contributed by atoms with van der Waals surface area (Å²) in [6.45, 7) is 2.76. The summed E-state index contributed by atoms with van der Waals surface area (Å²) in [5, 5.41) is 8.81. The Morgan fingerprint density at radius 1 is 1.26 bits per heavy atom. The second-order valence-electron chi connectivity index (χ2n) is 9.94. The van der Waals surface area contributed by atoms with Crippen molar-refractivity contribution in [3.8, 4) is 5.75 Å². The van der Waals surface area contributed by atoms with E-state index in [0.717, 1.165) is 43.1 Å². The van der Waals surface area contributed by atoms with Gasteiger partial charge in [-0.15, -0.1) is 0 Å². The van der Waals surface area contributed by atoms with E-state index in [-0.39, 0.29) is 24.2 Å². The summed E-state index contributed by atoms with van der Waals surface area (Å²) in [7, 11) is 0. The minimum atomic E-state index is -4.54. The van der Waals surface area contributed by atoms with E-state index in [0.29, 0.717) is 17.9 Å². The fraction of sp³-hybridized carbons (Fsp3) is 0.640. The van der Waals surface area contributed by atoms with Crippen LogP contribution in [0.25, 0.3) is 0 Å². The zero-order valence-electron chi connectivity index (χ0n) is 17.8. The Labute approximate surface area is 180 Å². The summed E-state index contributed by atoms with van der Waals surface area (Å²) in [5.41, 5.74) is 2.58. The molecule has 0 radical (unpaired) electrons. The number of benzene rings is 1. The summed E-state index contributed by atoms with van der Waals surface area (Å²) >= 11 is 0. The van der Waals surface area contributed by atoms with Gasteiger partial charge in [0.05, 0.1) is 5.56 Å². The first kappa shape index (κ1) is 20.9. The molecule has 3 fully saturated rings. The Balaban J connectivity index is 1.31. The van der Waals surface area contributed by atoms with Crippen LogP contribution in [-0.4, -0.2) is 17.7 Å². The zero-order chi connectivity index (χ0) is 22.0. The third-order valence-electron chi connectivity index (χ3n) is 8.79. The molecule has 31 heavy (non-hydrogen) atoms. The quantitative estimate of drug-likeness (QED) is 0.515. The lowest BCUT2D eigenvalue weighted by molar-refractivity contribution is -0.140. The minimum absolute atomic E-state index is 0.00220. The lowest BCUT2D eigenvalue weighted by atomic mass is 9.58. The van der Waals surface area contributed by atoms with Crippen molar-refractivity contribution >= 4 is 5.97 Å². The Kier molecular flexibility index (Phi) is 4.91. The number of halogens is 3. The van der Waals surface area contributed by atoms with Crippen LogP contribution in [-0.2, 0) is 17.4 Å². The van der Waals surface area contributed by atoms with Gasteiger partial charge in [0, 0.05) is 6.42 Å². The van der Waals surface area contributed by atoms with Gasteiger partial charge in [0.15, 0.2) is 0 Å². The van der Waals surface area contributed by atoms with Gasteiger partial charge in [-0.05, 0) is 97.3 Å². The molecule has 0 aromatic heterocycles. The Morgan fingerprint density at radius 2 is 2.06 bits per heavy atom. The SMILES string of the molecule is CC1C2CCC3CC(C4=C(COc5ccc(CCC(=O)O)c(C(F)(F)F)c5)CCC4)C312. The molecule has 0 heterocycles. The van der Waals surface area contributed by atoms with Crippen LogP contribution in [0.4, 0.5) is 13.2 Å². The molecular weight excluding hydrogens is 405 g/mol. The van der Waals surface area contributed by atoms with Crippen molar-refractivity contribution in [3.63, 3.8) is 0 Å². The van der Waals surface area contributed by atoms with Gasteiger partial charge in [0.2, 0.25) is 0 Å². The molecule has 5 atom stereocenters. The van der Waals surface area contributed by atoms with Gasteiger partial charge in [-0.3, -0.25) is 4.79 Å². The smallest absolute Gasteiger partial charge is 0.416 e. The van der Waals surface area contributed by atoms with E-state index in [9.17, 15) is 18.0 Å². The van der Waals surface area contributed by atoms with Gasteiger partial charge in [0.1, 0.15) is 12.4 Å². The summed E-state index contributed by atoms with van der Waals surface area (Å²) in [5.74, 6) is 2.37. The second-order valence-corrected chi connectivity index (χ2v) is 9.94. The van der Waals surface area contributed by atoms with Crippen LogP contribution < -0.4 is 4.74 Å². The van der Waals surface area contributed by atoms with Gasteiger partial charge < -0.3 is 9.84 Å². The van der Waals surface area contributed by atoms with Gasteiger partial charge in [-0.1, -0.05) is 18.6 Å². The van der Waals surface area contributed by atoms with E-state index >= 15 is 0 Å². The summed E-state index contributed by atoms with van der Waals surface area (Å²) in [6.07, 6.45) is 2.23. The Hall–Kier alpha value is -1.98.